The van der Waals surface area contributed by atoms with Crippen molar-refractivity contribution in [2.24, 2.45) is 0 Å². The summed E-state index contributed by atoms with van der Waals surface area (Å²) in [4.78, 5) is 9.13. The van der Waals surface area contributed by atoms with Gasteiger partial charge in [0.25, 0.3) is 0 Å². The van der Waals surface area contributed by atoms with E-state index in [9.17, 15) is 9.67 Å². The fraction of sp³-hybridized carbons (Fsp3) is 0.250. The molecule has 2 N–H and O–H groups in total. The summed E-state index contributed by atoms with van der Waals surface area (Å²) in [5.74, 6) is -1.47. The predicted octanol–water partition coefficient (Wildman–Crippen LogP) is 1.51. The molecule has 13 heavy (non-hydrogen) atoms. The van der Waals surface area contributed by atoms with Crippen LogP contribution in [0.5, 0.6) is 0 Å². The molecule has 0 bridgehead atoms. The van der Waals surface area contributed by atoms with Gasteiger partial charge in [0.1, 0.15) is 0 Å². The third-order valence-corrected chi connectivity index (χ3v) is 3.11. The first-order valence-corrected chi connectivity index (χ1v) is 5.34. The second-order valence-electron chi connectivity index (χ2n) is 2.53. The van der Waals surface area contributed by atoms with Crippen LogP contribution in [-0.4, -0.2) is 17.1 Å². The topological polar surface area (TPSA) is 66.8 Å². The van der Waals surface area contributed by atoms with E-state index in [0.717, 1.165) is 7.11 Å². The van der Waals surface area contributed by atoms with Gasteiger partial charge in [0.2, 0.25) is 0 Å². The first-order valence-electron chi connectivity index (χ1n) is 3.69. The van der Waals surface area contributed by atoms with Crippen LogP contribution in [0.2, 0.25) is 0 Å². The van der Waals surface area contributed by atoms with E-state index in [4.69, 9.17) is 4.89 Å². The van der Waals surface area contributed by atoms with Crippen molar-refractivity contribution in [1.82, 2.24) is 0 Å². The molecule has 0 spiro atoms. The summed E-state index contributed by atoms with van der Waals surface area (Å²) in [7, 11) is -2.84. The molecule has 1 unspecified atom stereocenters. The highest BCUT2D eigenvalue weighted by Crippen LogP contribution is 2.53. The Hall–Kier alpha value is -0.670. The Morgan fingerprint density at radius 2 is 1.92 bits per heavy atom. The van der Waals surface area contributed by atoms with Gasteiger partial charge in [-0.05, 0) is 5.56 Å². The Balaban J connectivity index is 2.92. The van der Waals surface area contributed by atoms with E-state index >= 15 is 0 Å². The zero-order valence-electron chi connectivity index (χ0n) is 7.12. The average molecular weight is 202 g/mol. The summed E-state index contributed by atoms with van der Waals surface area (Å²) in [6.45, 7) is 0. The van der Waals surface area contributed by atoms with Crippen molar-refractivity contribution in [2.45, 2.75) is 5.85 Å². The Bertz CT molecular complexity index is 311. The van der Waals surface area contributed by atoms with Crippen LogP contribution < -0.4 is 0 Å². The van der Waals surface area contributed by atoms with Crippen LogP contribution in [0, 0.1) is 0 Å². The van der Waals surface area contributed by atoms with Gasteiger partial charge in [0.05, 0.1) is 0 Å². The largest absolute Gasteiger partial charge is 0.376 e. The molecule has 0 radical (unpaired) electrons. The minimum Gasteiger partial charge on any atom is -0.376 e. The predicted molar refractivity (Wildman–Crippen MR) is 48.2 cm³/mol. The second kappa shape index (κ2) is 4.03. The maximum absolute atomic E-state index is 11.2. The summed E-state index contributed by atoms with van der Waals surface area (Å²) in [5.41, 5.74) is 0.371. The van der Waals surface area contributed by atoms with E-state index in [0.29, 0.717) is 5.56 Å². The van der Waals surface area contributed by atoms with Gasteiger partial charge in [0.15, 0.2) is 5.85 Å². The van der Waals surface area contributed by atoms with E-state index in [1.54, 1.807) is 30.3 Å². The van der Waals surface area contributed by atoms with Gasteiger partial charge in [-0.25, -0.2) is 0 Å². The highest BCUT2D eigenvalue weighted by atomic mass is 31.2. The van der Waals surface area contributed by atoms with E-state index < -0.39 is 13.4 Å². The van der Waals surface area contributed by atoms with E-state index in [1.807, 2.05) is 0 Å². The molecule has 1 rings (SSSR count). The zero-order valence-corrected chi connectivity index (χ0v) is 8.02. The van der Waals surface area contributed by atoms with Gasteiger partial charge in [-0.3, -0.25) is 4.57 Å². The molecule has 1 aromatic carbocycles. The van der Waals surface area contributed by atoms with Crippen molar-refractivity contribution < 1.29 is 19.1 Å². The SMILES string of the molecule is COP(=O)(O)[C@@H](O)c1ccccc1. The molecule has 0 fully saturated rings. The van der Waals surface area contributed by atoms with Crippen molar-refractivity contribution in [3.8, 4) is 0 Å². The van der Waals surface area contributed by atoms with Crippen molar-refractivity contribution in [1.29, 1.82) is 0 Å². The standard InChI is InChI=1S/C8H11O4P/c1-12-13(10,11)8(9)7-5-3-2-4-6-7/h2-6,8-9H,1H3,(H,10,11)/t8-/m1/s1. The molecule has 0 aliphatic heterocycles. The highest BCUT2D eigenvalue weighted by molar-refractivity contribution is 7.52. The molecule has 0 aliphatic rings. The van der Waals surface area contributed by atoms with Gasteiger partial charge in [0, 0.05) is 7.11 Å². The maximum atomic E-state index is 11.2. The van der Waals surface area contributed by atoms with E-state index in [-0.39, 0.29) is 0 Å². The Morgan fingerprint density at radius 1 is 1.38 bits per heavy atom. The molecule has 72 valence electrons. The van der Waals surface area contributed by atoms with Crippen LogP contribution >= 0.6 is 7.60 Å². The van der Waals surface area contributed by atoms with Crippen LogP contribution in [0.25, 0.3) is 0 Å². The lowest BCUT2D eigenvalue weighted by atomic mass is 10.2. The lowest BCUT2D eigenvalue weighted by Gasteiger charge is -2.15. The van der Waals surface area contributed by atoms with Crippen molar-refractivity contribution >= 4 is 7.60 Å². The van der Waals surface area contributed by atoms with Crippen LogP contribution in [0.15, 0.2) is 30.3 Å². The number of rotatable bonds is 3. The molecule has 1 aromatic rings. The first kappa shape index (κ1) is 10.4. The lowest BCUT2D eigenvalue weighted by molar-refractivity contribution is 0.191. The molecular formula is C8H11O4P. The van der Waals surface area contributed by atoms with E-state index in [2.05, 4.69) is 4.52 Å². The average Bonchev–Trinajstić information content (AvgIpc) is 2.18. The molecular weight excluding hydrogens is 191 g/mol. The molecule has 0 aliphatic carbocycles. The quantitative estimate of drug-likeness (QED) is 0.729. The summed E-state index contributed by atoms with van der Waals surface area (Å²) >= 11 is 0. The molecule has 2 atom stereocenters. The third kappa shape index (κ3) is 2.39. The summed E-state index contributed by atoms with van der Waals surface area (Å²) in [6, 6.07) is 8.23. The number of hydrogen-bond acceptors (Lipinski definition) is 3. The monoisotopic (exact) mass is 202 g/mol. The van der Waals surface area contributed by atoms with Crippen molar-refractivity contribution in [3.63, 3.8) is 0 Å². The zero-order chi connectivity index (χ0) is 9.90. The number of aliphatic hydroxyl groups is 1. The summed E-state index contributed by atoms with van der Waals surface area (Å²) in [5, 5.41) is 9.41. The summed E-state index contributed by atoms with van der Waals surface area (Å²) < 4.78 is 15.5. The number of aliphatic hydroxyl groups excluding tert-OH is 1. The number of benzene rings is 1. The van der Waals surface area contributed by atoms with Crippen LogP contribution in [-0.2, 0) is 9.09 Å². The second-order valence-corrected chi connectivity index (χ2v) is 4.51. The Kier molecular flexibility index (Phi) is 3.22. The molecule has 0 saturated carbocycles. The molecule has 5 heteroatoms. The number of hydrogen-bond donors (Lipinski definition) is 2. The van der Waals surface area contributed by atoms with E-state index in [1.165, 1.54) is 0 Å². The third-order valence-electron chi connectivity index (χ3n) is 1.67. The van der Waals surface area contributed by atoms with Gasteiger partial charge in [-0.1, -0.05) is 30.3 Å². The van der Waals surface area contributed by atoms with Gasteiger partial charge >= 0.3 is 7.60 Å². The highest BCUT2D eigenvalue weighted by Gasteiger charge is 2.30. The molecule has 0 amide bonds. The van der Waals surface area contributed by atoms with Gasteiger partial charge < -0.3 is 14.5 Å². The molecule has 0 aromatic heterocycles. The van der Waals surface area contributed by atoms with Gasteiger partial charge in [-0.2, -0.15) is 0 Å². The smallest absolute Gasteiger partial charge is 0.360 e. The molecule has 4 nitrogen and oxygen atoms in total. The minimum absolute atomic E-state index is 0.371. The fourth-order valence-corrected chi connectivity index (χ4v) is 1.66. The van der Waals surface area contributed by atoms with Crippen LogP contribution in [0.1, 0.15) is 11.4 Å². The Morgan fingerprint density at radius 3 is 2.38 bits per heavy atom. The van der Waals surface area contributed by atoms with Crippen LogP contribution in [0.3, 0.4) is 0 Å². The fourth-order valence-electron chi connectivity index (χ4n) is 0.913. The first-order chi connectivity index (χ1) is 6.08. The normalized spacial score (nSPS) is 17.8. The summed E-state index contributed by atoms with van der Waals surface area (Å²) in [6.07, 6.45) is 0. The van der Waals surface area contributed by atoms with Gasteiger partial charge in [-0.15, -0.1) is 0 Å². The molecule has 0 heterocycles. The van der Waals surface area contributed by atoms with Crippen molar-refractivity contribution in [3.05, 3.63) is 35.9 Å². The Labute approximate surface area is 76.3 Å². The molecule has 0 saturated heterocycles. The lowest BCUT2D eigenvalue weighted by Crippen LogP contribution is -1.99. The minimum atomic E-state index is -3.93. The maximum Gasteiger partial charge on any atom is 0.360 e. The van der Waals surface area contributed by atoms with Crippen molar-refractivity contribution in [2.75, 3.05) is 7.11 Å². The van der Waals surface area contributed by atoms with Crippen LogP contribution in [0.4, 0.5) is 0 Å².